The van der Waals surface area contributed by atoms with Crippen molar-refractivity contribution in [2.75, 3.05) is 11.5 Å². The van der Waals surface area contributed by atoms with Crippen molar-refractivity contribution < 1.29 is 19.4 Å². The minimum absolute atomic E-state index is 0.0725. The fourth-order valence-corrected chi connectivity index (χ4v) is 3.05. The summed E-state index contributed by atoms with van der Waals surface area (Å²) >= 11 is 1.34. The summed E-state index contributed by atoms with van der Waals surface area (Å²) in [5.41, 5.74) is 0.711. The Bertz CT molecular complexity index is 778. The molecule has 8 heteroatoms. The summed E-state index contributed by atoms with van der Waals surface area (Å²) in [4.78, 5) is 34.6. The van der Waals surface area contributed by atoms with E-state index in [-0.39, 0.29) is 17.9 Å². The van der Waals surface area contributed by atoms with Gasteiger partial charge in [0, 0.05) is 30.3 Å². The Hall–Kier alpha value is -2.74. The molecule has 0 radical (unpaired) electrons. The molecule has 0 aliphatic rings. The molecule has 26 heavy (non-hydrogen) atoms. The van der Waals surface area contributed by atoms with Gasteiger partial charge in [0.05, 0.1) is 0 Å². The molecule has 7 nitrogen and oxygen atoms in total. The Morgan fingerprint density at radius 3 is 2.58 bits per heavy atom. The first-order chi connectivity index (χ1) is 12.6. The molecule has 2 N–H and O–H groups in total. The molecule has 2 aromatic rings. The number of carbonyl (C=O) groups excluding carboxylic acids is 1. The first-order valence-corrected chi connectivity index (χ1v) is 9.15. The molecule has 0 aliphatic heterocycles. The number of aryl methyl sites for hydroxylation is 1. The smallest absolute Gasteiger partial charge is 0.408 e. The number of pyridine rings is 1. The molecule has 0 fully saturated rings. The zero-order chi connectivity index (χ0) is 18.8. The van der Waals surface area contributed by atoms with Gasteiger partial charge in [-0.05, 0) is 11.6 Å². The van der Waals surface area contributed by atoms with E-state index < -0.39 is 18.1 Å². The van der Waals surface area contributed by atoms with Crippen LogP contribution in [-0.4, -0.2) is 39.3 Å². The molecule has 1 heterocycles. The van der Waals surface area contributed by atoms with E-state index in [0.717, 1.165) is 5.56 Å². The third kappa shape index (κ3) is 6.64. The van der Waals surface area contributed by atoms with Crippen molar-refractivity contribution in [3.8, 4) is 0 Å². The molecule has 1 aromatic heterocycles. The Labute approximate surface area is 155 Å². The van der Waals surface area contributed by atoms with Gasteiger partial charge < -0.3 is 19.7 Å². The van der Waals surface area contributed by atoms with Crippen molar-refractivity contribution in [3.05, 3.63) is 70.6 Å². The highest BCUT2D eigenvalue weighted by atomic mass is 32.2. The van der Waals surface area contributed by atoms with Crippen molar-refractivity contribution >= 4 is 23.8 Å². The van der Waals surface area contributed by atoms with Crippen LogP contribution in [0.5, 0.6) is 0 Å². The van der Waals surface area contributed by atoms with Gasteiger partial charge in [-0.15, -0.1) is 0 Å². The molecule has 0 saturated heterocycles. The van der Waals surface area contributed by atoms with Crippen LogP contribution in [-0.2, 0) is 22.7 Å². The Morgan fingerprint density at radius 2 is 1.88 bits per heavy atom. The molecular formula is C18H20N2O5S. The summed E-state index contributed by atoms with van der Waals surface area (Å²) in [5, 5.41) is 11.6. The Balaban J connectivity index is 1.73. The first kappa shape index (κ1) is 19.6. The molecule has 0 saturated carbocycles. The Kier molecular flexibility index (Phi) is 7.75. The number of hydrogen-bond acceptors (Lipinski definition) is 5. The lowest BCUT2D eigenvalue weighted by Crippen LogP contribution is -2.42. The normalized spacial score (nSPS) is 11.5. The lowest BCUT2D eigenvalue weighted by atomic mass is 10.2. The average molecular weight is 376 g/mol. The molecule has 1 aromatic carbocycles. The minimum Gasteiger partial charge on any atom is -0.480 e. The topological polar surface area (TPSA) is 97.6 Å². The molecule has 1 atom stereocenters. The van der Waals surface area contributed by atoms with Gasteiger partial charge in [-0.2, -0.15) is 11.8 Å². The number of aliphatic carboxylic acids is 1. The van der Waals surface area contributed by atoms with Crippen LogP contribution in [0.4, 0.5) is 4.79 Å². The number of carboxylic acid groups (broad SMARTS) is 1. The summed E-state index contributed by atoms with van der Waals surface area (Å²) in [6, 6.07) is 13.0. The molecule has 138 valence electrons. The number of carbonyl (C=O) groups is 2. The predicted molar refractivity (Wildman–Crippen MR) is 99.2 cm³/mol. The van der Waals surface area contributed by atoms with Crippen LogP contribution in [0.3, 0.4) is 0 Å². The maximum Gasteiger partial charge on any atom is 0.408 e. The number of ether oxygens (including phenoxy) is 1. The van der Waals surface area contributed by atoms with E-state index in [1.165, 1.54) is 17.8 Å². The number of aromatic nitrogens is 1. The van der Waals surface area contributed by atoms with Gasteiger partial charge in [-0.25, -0.2) is 9.59 Å². The van der Waals surface area contributed by atoms with Gasteiger partial charge in [-0.3, -0.25) is 4.79 Å². The monoisotopic (exact) mass is 376 g/mol. The SMILES string of the molecule is O=C(NC(CSCCn1ccccc1=O)C(=O)O)OCc1ccccc1. The van der Waals surface area contributed by atoms with E-state index in [2.05, 4.69) is 5.32 Å². The molecule has 2 rings (SSSR count). The third-order valence-corrected chi connectivity index (χ3v) is 4.50. The summed E-state index contributed by atoms with van der Waals surface area (Å²) < 4.78 is 6.58. The fourth-order valence-electron chi connectivity index (χ4n) is 2.09. The Morgan fingerprint density at radius 1 is 1.15 bits per heavy atom. The van der Waals surface area contributed by atoms with Crippen LogP contribution in [0.15, 0.2) is 59.5 Å². The van der Waals surface area contributed by atoms with Crippen molar-refractivity contribution in [3.63, 3.8) is 0 Å². The second-order valence-electron chi connectivity index (χ2n) is 5.40. The highest BCUT2D eigenvalue weighted by Crippen LogP contribution is 2.06. The van der Waals surface area contributed by atoms with E-state index in [9.17, 15) is 19.5 Å². The second kappa shape index (κ2) is 10.3. The number of nitrogens with zero attached hydrogens (tertiary/aromatic N) is 1. The van der Waals surface area contributed by atoms with Gasteiger partial charge in [0.1, 0.15) is 12.6 Å². The van der Waals surface area contributed by atoms with Gasteiger partial charge in [0.2, 0.25) is 0 Å². The maximum atomic E-state index is 11.8. The summed E-state index contributed by atoms with van der Waals surface area (Å²) in [6.07, 6.45) is 0.901. The van der Waals surface area contributed by atoms with Gasteiger partial charge >= 0.3 is 12.1 Å². The van der Waals surface area contributed by atoms with Crippen LogP contribution >= 0.6 is 11.8 Å². The number of hydrogen-bond donors (Lipinski definition) is 2. The van der Waals surface area contributed by atoms with Crippen LogP contribution in [0.2, 0.25) is 0 Å². The van der Waals surface area contributed by atoms with E-state index in [4.69, 9.17) is 4.74 Å². The number of amides is 1. The number of benzene rings is 1. The van der Waals surface area contributed by atoms with Crippen molar-refractivity contribution in [2.45, 2.75) is 19.2 Å². The van der Waals surface area contributed by atoms with E-state index in [1.54, 1.807) is 22.9 Å². The summed E-state index contributed by atoms with van der Waals surface area (Å²) in [6.45, 7) is 0.540. The quantitative estimate of drug-likeness (QED) is 0.650. The van der Waals surface area contributed by atoms with Gasteiger partial charge in [0.15, 0.2) is 0 Å². The van der Waals surface area contributed by atoms with Gasteiger partial charge in [0.25, 0.3) is 5.56 Å². The van der Waals surface area contributed by atoms with Crippen molar-refractivity contribution in [1.82, 2.24) is 9.88 Å². The molecule has 0 bridgehead atoms. The lowest BCUT2D eigenvalue weighted by molar-refractivity contribution is -0.138. The number of thioether (sulfide) groups is 1. The summed E-state index contributed by atoms with van der Waals surface area (Å²) in [5.74, 6) is -0.405. The number of nitrogens with one attached hydrogen (secondary N) is 1. The predicted octanol–water partition coefficient (Wildman–Crippen LogP) is 1.96. The summed E-state index contributed by atoms with van der Waals surface area (Å²) in [7, 11) is 0. The number of carboxylic acids is 1. The highest BCUT2D eigenvalue weighted by molar-refractivity contribution is 7.99. The molecule has 1 unspecified atom stereocenters. The number of rotatable bonds is 9. The second-order valence-corrected chi connectivity index (χ2v) is 6.55. The zero-order valence-electron chi connectivity index (χ0n) is 14.0. The maximum absolute atomic E-state index is 11.8. The number of alkyl carbamates (subject to hydrolysis) is 1. The van der Waals surface area contributed by atoms with E-state index in [0.29, 0.717) is 12.3 Å². The van der Waals surface area contributed by atoms with Crippen molar-refractivity contribution in [2.24, 2.45) is 0 Å². The largest absolute Gasteiger partial charge is 0.480 e. The lowest BCUT2D eigenvalue weighted by Gasteiger charge is -2.14. The van der Waals surface area contributed by atoms with E-state index in [1.807, 2.05) is 30.3 Å². The molecular weight excluding hydrogens is 356 g/mol. The molecule has 0 spiro atoms. The standard InChI is InChI=1S/C18H20N2O5S/c21-16-8-4-5-9-20(16)10-11-26-13-15(17(22)23)19-18(24)25-12-14-6-2-1-3-7-14/h1-9,15H,10-13H2,(H,19,24)(H,22,23). The average Bonchev–Trinajstić information content (AvgIpc) is 2.64. The zero-order valence-corrected chi connectivity index (χ0v) is 14.9. The van der Waals surface area contributed by atoms with Crippen LogP contribution < -0.4 is 10.9 Å². The van der Waals surface area contributed by atoms with Crippen LogP contribution in [0.25, 0.3) is 0 Å². The third-order valence-electron chi connectivity index (χ3n) is 3.46. The van der Waals surface area contributed by atoms with Crippen LogP contribution in [0, 0.1) is 0 Å². The first-order valence-electron chi connectivity index (χ1n) is 7.99. The van der Waals surface area contributed by atoms with Gasteiger partial charge in [-0.1, -0.05) is 36.4 Å². The molecule has 0 aliphatic carbocycles. The highest BCUT2D eigenvalue weighted by Gasteiger charge is 2.20. The molecule has 1 amide bonds. The van der Waals surface area contributed by atoms with Crippen molar-refractivity contribution in [1.29, 1.82) is 0 Å². The fraction of sp³-hybridized carbons (Fsp3) is 0.278. The minimum atomic E-state index is -1.13. The van der Waals surface area contributed by atoms with Crippen LogP contribution in [0.1, 0.15) is 5.56 Å². The van der Waals surface area contributed by atoms with E-state index >= 15 is 0 Å².